The van der Waals surface area contributed by atoms with E-state index in [0.29, 0.717) is 27.1 Å². The maximum atomic E-state index is 11.7. The summed E-state index contributed by atoms with van der Waals surface area (Å²) in [6.07, 6.45) is 1.61. The van der Waals surface area contributed by atoms with E-state index in [-0.39, 0.29) is 5.97 Å². The second-order valence-electron chi connectivity index (χ2n) is 3.96. The molecule has 0 aliphatic carbocycles. The minimum Gasteiger partial charge on any atom is -0.465 e. The number of rotatable bonds is 4. The summed E-state index contributed by atoms with van der Waals surface area (Å²) in [7, 11) is 1.36. The molecule has 20 heavy (non-hydrogen) atoms. The van der Waals surface area contributed by atoms with E-state index in [1.165, 1.54) is 18.9 Å². The normalized spacial score (nSPS) is 10.3. The van der Waals surface area contributed by atoms with E-state index in [9.17, 15) is 4.79 Å². The molecule has 2 N–H and O–H groups in total. The number of halogens is 1. The van der Waals surface area contributed by atoms with E-state index in [1.54, 1.807) is 24.4 Å². The van der Waals surface area contributed by atoms with Crippen LogP contribution in [0.3, 0.4) is 0 Å². The first-order valence-corrected chi connectivity index (χ1v) is 7.19. The Balaban J connectivity index is 2.19. The summed E-state index contributed by atoms with van der Waals surface area (Å²) >= 11 is 7.51. The van der Waals surface area contributed by atoms with Crippen molar-refractivity contribution in [2.75, 3.05) is 12.8 Å². The van der Waals surface area contributed by atoms with Gasteiger partial charge in [0.25, 0.3) is 0 Å². The van der Waals surface area contributed by atoms with Gasteiger partial charge in [-0.05, 0) is 17.7 Å². The van der Waals surface area contributed by atoms with Crippen LogP contribution in [-0.4, -0.2) is 18.1 Å². The molecule has 0 spiro atoms. The Morgan fingerprint density at radius 3 is 2.90 bits per heavy atom. The van der Waals surface area contributed by atoms with Crippen molar-refractivity contribution >= 4 is 35.0 Å². The van der Waals surface area contributed by atoms with Crippen LogP contribution in [0.1, 0.15) is 15.9 Å². The van der Waals surface area contributed by atoms with Gasteiger partial charge in [-0.25, -0.2) is 9.78 Å². The first-order valence-electron chi connectivity index (χ1n) is 5.82. The average Bonchev–Trinajstić information content (AvgIpc) is 2.48. The van der Waals surface area contributed by atoms with E-state index in [0.717, 1.165) is 5.56 Å². The molecule has 0 bridgehead atoms. The molecule has 0 fully saturated rings. The molecule has 0 saturated carbocycles. The van der Waals surface area contributed by atoms with Crippen LogP contribution in [0.25, 0.3) is 0 Å². The Morgan fingerprint density at radius 2 is 2.15 bits per heavy atom. The summed E-state index contributed by atoms with van der Waals surface area (Å²) in [4.78, 5) is 15.9. The monoisotopic (exact) mass is 308 g/mol. The van der Waals surface area contributed by atoms with Crippen molar-refractivity contribution in [2.45, 2.75) is 10.8 Å². The van der Waals surface area contributed by atoms with Crippen LogP contribution in [-0.2, 0) is 10.5 Å². The number of benzene rings is 1. The number of nitrogen functional groups attached to an aromatic ring is 1. The number of aromatic nitrogens is 1. The molecule has 104 valence electrons. The maximum Gasteiger partial charge on any atom is 0.338 e. The molecular weight excluding hydrogens is 296 g/mol. The number of esters is 1. The van der Waals surface area contributed by atoms with Crippen molar-refractivity contribution in [3.05, 3.63) is 52.7 Å². The molecule has 0 amide bonds. The second kappa shape index (κ2) is 6.63. The lowest BCUT2D eigenvalue weighted by molar-refractivity contribution is 0.0600. The molecule has 6 heteroatoms. The Morgan fingerprint density at radius 1 is 1.40 bits per heavy atom. The first-order chi connectivity index (χ1) is 9.63. The fourth-order valence-corrected chi connectivity index (χ4v) is 2.84. The molecule has 0 atom stereocenters. The molecule has 1 aromatic heterocycles. The molecule has 2 rings (SSSR count). The summed E-state index contributed by atoms with van der Waals surface area (Å²) in [6.45, 7) is 0. The fraction of sp³-hybridized carbons (Fsp3) is 0.143. The van der Waals surface area contributed by atoms with Gasteiger partial charge in [-0.15, -0.1) is 11.8 Å². The number of hydrogen-bond acceptors (Lipinski definition) is 5. The van der Waals surface area contributed by atoms with Crippen LogP contribution < -0.4 is 5.73 Å². The van der Waals surface area contributed by atoms with Gasteiger partial charge in [-0.3, -0.25) is 0 Å². The SMILES string of the molecule is COC(=O)c1ccccc1CSc1nccc(N)c1Cl. The Hall–Kier alpha value is -1.72. The van der Waals surface area contributed by atoms with Crippen LogP contribution in [0.5, 0.6) is 0 Å². The predicted molar refractivity (Wildman–Crippen MR) is 81.0 cm³/mol. The topological polar surface area (TPSA) is 65.2 Å². The maximum absolute atomic E-state index is 11.7. The summed E-state index contributed by atoms with van der Waals surface area (Å²) < 4.78 is 4.76. The van der Waals surface area contributed by atoms with Gasteiger partial charge in [0.1, 0.15) is 5.03 Å². The third-order valence-corrected chi connectivity index (χ3v) is 4.22. The van der Waals surface area contributed by atoms with E-state index in [1.807, 2.05) is 12.1 Å². The second-order valence-corrected chi connectivity index (χ2v) is 5.30. The van der Waals surface area contributed by atoms with Gasteiger partial charge in [-0.1, -0.05) is 29.8 Å². The lowest BCUT2D eigenvalue weighted by Gasteiger charge is -2.08. The third kappa shape index (κ3) is 3.23. The van der Waals surface area contributed by atoms with Crippen molar-refractivity contribution in [3.8, 4) is 0 Å². The molecule has 1 heterocycles. The highest BCUT2D eigenvalue weighted by molar-refractivity contribution is 7.98. The average molecular weight is 309 g/mol. The van der Waals surface area contributed by atoms with Crippen LogP contribution in [0.4, 0.5) is 5.69 Å². The van der Waals surface area contributed by atoms with Gasteiger partial charge in [0.15, 0.2) is 0 Å². The fourth-order valence-electron chi connectivity index (χ4n) is 1.64. The number of hydrogen-bond donors (Lipinski definition) is 1. The van der Waals surface area contributed by atoms with Crippen molar-refractivity contribution in [1.29, 1.82) is 0 Å². The zero-order chi connectivity index (χ0) is 14.5. The molecule has 0 aliphatic rings. The number of nitrogens with two attached hydrogens (primary N) is 1. The number of carbonyl (C=O) groups excluding carboxylic acids is 1. The van der Waals surface area contributed by atoms with E-state index in [4.69, 9.17) is 22.1 Å². The lowest BCUT2D eigenvalue weighted by atomic mass is 10.1. The number of ether oxygens (including phenoxy) is 1. The number of anilines is 1. The van der Waals surface area contributed by atoms with Crippen molar-refractivity contribution < 1.29 is 9.53 Å². The highest BCUT2D eigenvalue weighted by Gasteiger charge is 2.12. The van der Waals surface area contributed by atoms with Gasteiger partial charge < -0.3 is 10.5 Å². The Bertz CT molecular complexity index is 634. The van der Waals surface area contributed by atoms with E-state index >= 15 is 0 Å². The minimum atomic E-state index is -0.354. The summed E-state index contributed by atoms with van der Waals surface area (Å²) in [5.41, 5.74) is 7.63. The highest BCUT2D eigenvalue weighted by Crippen LogP contribution is 2.32. The smallest absolute Gasteiger partial charge is 0.338 e. The van der Waals surface area contributed by atoms with Crippen molar-refractivity contribution in [1.82, 2.24) is 4.98 Å². The summed E-state index contributed by atoms with van der Waals surface area (Å²) in [6, 6.07) is 8.92. The Labute approximate surface area is 126 Å². The number of pyridine rings is 1. The minimum absolute atomic E-state index is 0.354. The standard InChI is InChI=1S/C14H13ClN2O2S/c1-19-14(18)10-5-3-2-4-9(10)8-20-13-12(15)11(16)6-7-17-13/h2-7H,8H2,1H3,(H2,16,17). The first kappa shape index (κ1) is 14.7. The molecule has 1 aromatic carbocycles. The molecule has 0 unspecified atom stereocenters. The van der Waals surface area contributed by atoms with Crippen LogP contribution in [0.2, 0.25) is 5.02 Å². The molecular formula is C14H13ClN2O2S. The van der Waals surface area contributed by atoms with Gasteiger partial charge in [0.05, 0.1) is 23.4 Å². The number of nitrogens with zero attached hydrogens (tertiary/aromatic N) is 1. The largest absolute Gasteiger partial charge is 0.465 e. The molecule has 0 radical (unpaired) electrons. The highest BCUT2D eigenvalue weighted by atomic mass is 35.5. The number of thioether (sulfide) groups is 1. The van der Waals surface area contributed by atoms with Gasteiger partial charge in [0, 0.05) is 11.9 Å². The van der Waals surface area contributed by atoms with Crippen LogP contribution >= 0.6 is 23.4 Å². The quantitative estimate of drug-likeness (QED) is 0.692. The molecule has 4 nitrogen and oxygen atoms in total. The third-order valence-electron chi connectivity index (χ3n) is 2.67. The van der Waals surface area contributed by atoms with Crippen molar-refractivity contribution in [3.63, 3.8) is 0 Å². The summed E-state index contributed by atoms with van der Waals surface area (Å²) in [5, 5.41) is 1.08. The van der Waals surface area contributed by atoms with E-state index in [2.05, 4.69) is 4.98 Å². The number of carbonyl (C=O) groups is 1. The summed E-state index contributed by atoms with van der Waals surface area (Å²) in [5.74, 6) is 0.203. The zero-order valence-corrected chi connectivity index (χ0v) is 12.4. The van der Waals surface area contributed by atoms with Gasteiger partial charge in [-0.2, -0.15) is 0 Å². The Kier molecular flexibility index (Phi) is 4.87. The molecule has 0 aliphatic heterocycles. The molecule has 0 saturated heterocycles. The molecule has 2 aromatic rings. The lowest BCUT2D eigenvalue weighted by Crippen LogP contribution is -2.04. The zero-order valence-electron chi connectivity index (χ0n) is 10.8. The van der Waals surface area contributed by atoms with Gasteiger partial charge in [0.2, 0.25) is 0 Å². The van der Waals surface area contributed by atoms with Gasteiger partial charge >= 0.3 is 5.97 Å². The van der Waals surface area contributed by atoms with E-state index < -0.39 is 0 Å². The predicted octanol–water partition coefficient (Wildman–Crippen LogP) is 3.40. The van der Waals surface area contributed by atoms with Crippen molar-refractivity contribution in [2.24, 2.45) is 0 Å². The number of methoxy groups -OCH3 is 1. The van der Waals surface area contributed by atoms with Crippen LogP contribution in [0, 0.1) is 0 Å². The van der Waals surface area contributed by atoms with Crippen LogP contribution in [0.15, 0.2) is 41.6 Å².